The Morgan fingerprint density at radius 1 is 1.44 bits per heavy atom. The molecular weight excluding hydrogens is 227 g/mol. The first kappa shape index (κ1) is 12.3. The number of hydrogen-bond acceptors (Lipinski definition) is 4. The van der Waals surface area contributed by atoms with Crippen LogP contribution >= 0.6 is 0 Å². The smallest absolute Gasteiger partial charge is 0.481 e. The minimum Gasteiger partial charge on any atom is -0.481 e. The zero-order valence-corrected chi connectivity index (χ0v) is 8.46. The fourth-order valence-corrected chi connectivity index (χ4v) is 1.08. The van der Waals surface area contributed by atoms with E-state index in [-0.39, 0.29) is 23.4 Å². The van der Waals surface area contributed by atoms with Gasteiger partial charge in [-0.3, -0.25) is 4.79 Å². The highest BCUT2D eigenvalue weighted by molar-refractivity contribution is 5.81. The summed E-state index contributed by atoms with van der Waals surface area (Å²) in [7, 11) is 1.25. The molecule has 0 aliphatic rings. The van der Waals surface area contributed by atoms with Crippen LogP contribution in [0.3, 0.4) is 0 Å². The summed E-state index contributed by atoms with van der Waals surface area (Å²) in [5.41, 5.74) is -0.147. The average Bonchev–Trinajstić information content (AvgIpc) is 2.14. The molecule has 0 N–H and O–H groups in total. The maximum Gasteiger partial charge on any atom is 0.573 e. The van der Waals surface area contributed by atoms with Crippen LogP contribution in [0.1, 0.15) is 16.1 Å². The Kier molecular flexibility index (Phi) is 3.36. The van der Waals surface area contributed by atoms with Crippen molar-refractivity contribution in [3.63, 3.8) is 0 Å². The molecular formula is C9H8F3NO3. The number of methoxy groups -OCH3 is 1. The van der Waals surface area contributed by atoms with Crippen molar-refractivity contribution in [2.24, 2.45) is 0 Å². The summed E-state index contributed by atoms with van der Waals surface area (Å²) in [6.07, 6.45) is -4.61. The number of pyridine rings is 1. The standard InChI is InChI=1S/C9H8F3NO3/c1-5-6(4-14)7(16-9(10,11)12)3-8(13-5)15-2/h3-4H,1-2H3. The lowest BCUT2D eigenvalue weighted by molar-refractivity contribution is -0.274. The molecule has 4 nitrogen and oxygen atoms in total. The van der Waals surface area contributed by atoms with Crippen LogP contribution in [0.2, 0.25) is 0 Å². The number of carbonyl (C=O) groups excluding carboxylic acids is 1. The first-order valence-corrected chi connectivity index (χ1v) is 4.14. The van der Waals surface area contributed by atoms with Gasteiger partial charge in [0.25, 0.3) is 0 Å². The van der Waals surface area contributed by atoms with Crippen LogP contribution in [0.4, 0.5) is 13.2 Å². The van der Waals surface area contributed by atoms with Crippen molar-refractivity contribution in [2.75, 3.05) is 7.11 Å². The van der Waals surface area contributed by atoms with Gasteiger partial charge in [-0.2, -0.15) is 0 Å². The van der Waals surface area contributed by atoms with Gasteiger partial charge in [-0.25, -0.2) is 4.98 Å². The summed E-state index contributed by atoms with van der Waals surface area (Å²) in [4.78, 5) is 14.4. The summed E-state index contributed by atoms with van der Waals surface area (Å²) in [6, 6.07) is 0.907. The summed E-state index contributed by atoms with van der Waals surface area (Å²) in [6.45, 7) is 1.38. The van der Waals surface area contributed by atoms with Crippen LogP contribution < -0.4 is 9.47 Å². The van der Waals surface area contributed by atoms with E-state index in [9.17, 15) is 18.0 Å². The van der Waals surface area contributed by atoms with Crippen LogP contribution in [0.5, 0.6) is 11.6 Å². The number of aromatic nitrogens is 1. The van der Waals surface area contributed by atoms with Crippen LogP contribution in [0.25, 0.3) is 0 Å². The lowest BCUT2D eigenvalue weighted by Crippen LogP contribution is -2.18. The second kappa shape index (κ2) is 4.38. The highest BCUT2D eigenvalue weighted by Gasteiger charge is 2.32. The van der Waals surface area contributed by atoms with Gasteiger partial charge in [0.05, 0.1) is 18.4 Å². The first-order valence-electron chi connectivity index (χ1n) is 4.14. The number of aryl methyl sites for hydroxylation is 1. The Hall–Kier alpha value is -1.79. The Labute approximate surface area is 89.0 Å². The van der Waals surface area contributed by atoms with Gasteiger partial charge < -0.3 is 9.47 Å². The quantitative estimate of drug-likeness (QED) is 0.753. The molecule has 1 rings (SSSR count). The minimum absolute atomic E-state index is 0.0534. The van der Waals surface area contributed by atoms with Gasteiger partial charge in [0, 0.05) is 6.07 Å². The molecule has 0 fully saturated rings. The maximum atomic E-state index is 12.0. The van der Waals surface area contributed by atoms with E-state index in [0.717, 1.165) is 6.07 Å². The van der Waals surface area contributed by atoms with Crippen molar-refractivity contribution >= 4 is 6.29 Å². The van der Waals surface area contributed by atoms with Gasteiger partial charge in [0.2, 0.25) is 5.88 Å². The van der Waals surface area contributed by atoms with E-state index >= 15 is 0 Å². The van der Waals surface area contributed by atoms with Gasteiger partial charge in [-0.05, 0) is 6.92 Å². The second-order valence-corrected chi connectivity index (χ2v) is 2.83. The minimum atomic E-state index is -4.86. The molecule has 0 aliphatic carbocycles. The van der Waals surface area contributed by atoms with Crippen LogP contribution in [-0.4, -0.2) is 24.7 Å². The van der Waals surface area contributed by atoms with Gasteiger partial charge in [-0.15, -0.1) is 13.2 Å². The largest absolute Gasteiger partial charge is 0.573 e. The van der Waals surface area contributed by atoms with Crippen molar-refractivity contribution in [3.05, 3.63) is 17.3 Å². The average molecular weight is 235 g/mol. The van der Waals surface area contributed by atoms with Crippen LogP contribution in [0.15, 0.2) is 6.07 Å². The van der Waals surface area contributed by atoms with Crippen molar-refractivity contribution < 1.29 is 27.4 Å². The molecule has 0 aliphatic heterocycles. The van der Waals surface area contributed by atoms with E-state index < -0.39 is 12.1 Å². The summed E-state index contributed by atoms with van der Waals surface area (Å²) in [5.74, 6) is -0.672. The first-order chi connectivity index (χ1) is 7.37. The van der Waals surface area contributed by atoms with Gasteiger partial charge >= 0.3 is 6.36 Å². The molecule has 1 aromatic heterocycles. The Morgan fingerprint density at radius 3 is 2.50 bits per heavy atom. The molecule has 1 aromatic rings. The molecule has 0 saturated carbocycles. The molecule has 1 heterocycles. The normalized spacial score (nSPS) is 11.1. The number of alkyl halides is 3. The van der Waals surface area contributed by atoms with E-state index in [1.807, 2.05) is 0 Å². The molecule has 0 bridgehead atoms. The van der Waals surface area contributed by atoms with Crippen molar-refractivity contribution in [2.45, 2.75) is 13.3 Å². The fourth-order valence-electron chi connectivity index (χ4n) is 1.08. The van der Waals surface area contributed by atoms with E-state index in [1.54, 1.807) is 0 Å². The third-order valence-corrected chi connectivity index (χ3v) is 1.74. The highest BCUT2D eigenvalue weighted by atomic mass is 19.4. The zero-order valence-electron chi connectivity index (χ0n) is 8.46. The molecule has 0 unspecified atom stereocenters. The molecule has 0 spiro atoms. The van der Waals surface area contributed by atoms with Crippen molar-refractivity contribution in [1.82, 2.24) is 4.98 Å². The van der Waals surface area contributed by atoms with Crippen molar-refractivity contribution in [3.8, 4) is 11.6 Å². The van der Waals surface area contributed by atoms with E-state index in [2.05, 4.69) is 14.5 Å². The summed E-state index contributed by atoms with van der Waals surface area (Å²) >= 11 is 0. The van der Waals surface area contributed by atoms with Crippen LogP contribution in [0, 0.1) is 6.92 Å². The van der Waals surface area contributed by atoms with Gasteiger partial charge in [0.15, 0.2) is 6.29 Å². The Bertz CT molecular complexity index is 404. The number of halogens is 3. The topological polar surface area (TPSA) is 48.4 Å². The third kappa shape index (κ3) is 2.85. The second-order valence-electron chi connectivity index (χ2n) is 2.83. The van der Waals surface area contributed by atoms with Crippen molar-refractivity contribution in [1.29, 1.82) is 0 Å². The maximum absolute atomic E-state index is 12.0. The number of aldehydes is 1. The highest BCUT2D eigenvalue weighted by Crippen LogP contribution is 2.29. The number of ether oxygens (including phenoxy) is 2. The molecule has 0 amide bonds. The number of hydrogen-bond donors (Lipinski definition) is 0. The SMILES string of the molecule is COc1cc(OC(F)(F)F)c(C=O)c(C)n1. The summed E-state index contributed by atoms with van der Waals surface area (Å²) < 4.78 is 44.4. The molecule has 0 atom stereocenters. The van der Waals surface area contributed by atoms with E-state index in [1.165, 1.54) is 14.0 Å². The number of rotatable bonds is 3. The molecule has 0 aromatic carbocycles. The number of nitrogens with zero attached hydrogens (tertiary/aromatic N) is 1. The predicted molar refractivity (Wildman–Crippen MR) is 47.6 cm³/mol. The number of carbonyl (C=O) groups is 1. The lowest BCUT2D eigenvalue weighted by Gasteiger charge is -2.12. The van der Waals surface area contributed by atoms with E-state index in [4.69, 9.17) is 0 Å². The lowest BCUT2D eigenvalue weighted by atomic mass is 10.2. The molecule has 88 valence electrons. The Balaban J connectivity index is 3.23. The van der Waals surface area contributed by atoms with Gasteiger partial charge in [-0.1, -0.05) is 0 Å². The third-order valence-electron chi connectivity index (χ3n) is 1.74. The Morgan fingerprint density at radius 2 is 2.06 bits per heavy atom. The fraction of sp³-hybridized carbons (Fsp3) is 0.333. The zero-order chi connectivity index (χ0) is 12.3. The monoisotopic (exact) mass is 235 g/mol. The summed E-state index contributed by atoms with van der Waals surface area (Å²) in [5, 5.41) is 0. The van der Waals surface area contributed by atoms with Gasteiger partial charge in [0.1, 0.15) is 5.75 Å². The molecule has 16 heavy (non-hydrogen) atoms. The van der Waals surface area contributed by atoms with Crippen LogP contribution in [-0.2, 0) is 0 Å². The predicted octanol–water partition coefficient (Wildman–Crippen LogP) is 2.11. The molecule has 0 radical (unpaired) electrons. The molecule has 7 heteroatoms. The molecule has 0 saturated heterocycles. The van der Waals surface area contributed by atoms with E-state index in [0.29, 0.717) is 0 Å².